The van der Waals surface area contributed by atoms with Gasteiger partial charge in [0.25, 0.3) is 5.91 Å². The van der Waals surface area contributed by atoms with E-state index in [2.05, 4.69) is 4.98 Å². The quantitative estimate of drug-likeness (QED) is 0.712. The molecule has 27 heavy (non-hydrogen) atoms. The molecule has 2 aliphatic heterocycles. The molecule has 5 rings (SSSR count). The van der Waals surface area contributed by atoms with E-state index >= 15 is 0 Å². The van der Waals surface area contributed by atoms with Gasteiger partial charge in [0, 0.05) is 17.4 Å². The van der Waals surface area contributed by atoms with Crippen molar-refractivity contribution in [2.75, 3.05) is 18.6 Å². The van der Waals surface area contributed by atoms with E-state index in [9.17, 15) is 9.59 Å². The Morgan fingerprint density at radius 3 is 2.63 bits per heavy atom. The van der Waals surface area contributed by atoms with Crippen LogP contribution < -0.4 is 9.64 Å². The van der Waals surface area contributed by atoms with Crippen molar-refractivity contribution in [2.45, 2.75) is 18.9 Å². The van der Waals surface area contributed by atoms with Gasteiger partial charge < -0.3 is 14.6 Å². The van der Waals surface area contributed by atoms with E-state index in [-0.39, 0.29) is 11.9 Å². The molecule has 0 saturated carbocycles. The number of aromatic amines is 1. The van der Waals surface area contributed by atoms with Crippen molar-refractivity contribution >= 4 is 28.5 Å². The Labute approximate surface area is 156 Å². The topological polar surface area (TPSA) is 65.6 Å². The molecule has 0 bridgehead atoms. The molecule has 136 valence electrons. The zero-order valence-corrected chi connectivity index (χ0v) is 15.2. The molecule has 0 radical (unpaired) electrons. The Bertz CT molecular complexity index is 1090. The predicted molar refractivity (Wildman–Crippen MR) is 102 cm³/mol. The number of carbonyl (C=O) groups is 2. The molecule has 1 fully saturated rings. The van der Waals surface area contributed by atoms with Gasteiger partial charge in [-0.3, -0.25) is 4.79 Å². The first-order valence-electron chi connectivity index (χ1n) is 8.96. The first kappa shape index (κ1) is 15.9. The van der Waals surface area contributed by atoms with E-state index in [1.807, 2.05) is 43.3 Å². The van der Waals surface area contributed by atoms with E-state index in [1.54, 1.807) is 24.1 Å². The Morgan fingerprint density at radius 1 is 1.11 bits per heavy atom. The summed E-state index contributed by atoms with van der Waals surface area (Å²) in [5.41, 5.74) is 2.39. The number of nitrogens with zero attached hydrogens (tertiary/aromatic N) is 2. The van der Waals surface area contributed by atoms with Crippen LogP contribution in [0.5, 0.6) is 5.75 Å². The van der Waals surface area contributed by atoms with Crippen LogP contribution in [-0.2, 0) is 16.8 Å². The third-order valence-corrected chi connectivity index (χ3v) is 5.78. The average Bonchev–Trinajstić information content (AvgIpc) is 3.16. The number of carbonyl (C=O) groups excluding carboxylic acids is 2. The summed E-state index contributed by atoms with van der Waals surface area (Å²) in [4.78, 5) is 32.9. The average molecular weight is 361 g/mol. The molecule has 1 unspecified atom stereocenters. The number of imide groups is 1. The summed E-state index contributed by atoms with van der Waals surface area (Å²) in [6.45, 7) is 2.34. The van der Waals surface area contributed by atoms with Gasteiger partial charge >= 0.3 is 6.03 Å². The number of aromatic nitrogens is 1. The van der Waals surface area contributed by atoms with Gasteiger partial charge in [-0.25, -0.2) is 9.69 Å². The van der Waals surface area contributed by atoms with Crippen LogP contribution in [0.15, 0.2) is 48.5 Å². The van der Waals surface area contributed by atoms with Crippen LogP contribution in [0.1, 0.15) is 18.2 Å². The fourth-order valence-corrected chi connectivity index (χ4v) is 4.35. The maximum absolute atomic E-state index is 13.5. The molecule has 3 amide bonds. The molecule has 2 aromatic carbocycles. The SMILES string of the molecule is COc1ccc2[nH]c3c(c2c1)CCN1C(=O)N(c2ccccc2)C(=O)C31C. The molecule has 6 heteroatoms. The summed E-state index contributed by atoms with van der Waals surface area (Å²) in [6, 6.07) is 14.7. The number of nitrogens with one attached hydrogen (secondary N) is 1. The van der Waals surface area contributed by atoms with Crippen molar-refractivity contribution in [3.8, 4) is 5.75 Å². The van der Waals surface area contributed by atoms with Crippen LogP contribution in [-0.4, -0.2) is 35.5 Å². The lowest BCUT2D eigenvalue weighted by Crippen LogP contribution is -2.49. The van der Waals surface area contributed by atoms with Gasteiger partial charge in [-0.05, 0) is 49.2 Å². The van der Waals surface area contributed by atoms with E-state index in [4.69, 9.17) is 4.74 Å². The van der Waals surface area contributed by atoms with Crippen LogP contribution in [0.25, 0.3) is 10.9 Å². The molecule has 1 aromatic heterocycles. The molecule has 6 nitrogen and oxygen atoms in total. The van der Waals surface area contributed by atoms with Crippen molar-refractivity contribution in [3.63, 3.8) is 0 Å². The minimum Gasteiger partial charge on any atom is -0.497 e. The summed E-state index contributed by atoms with van der Waals surface area (Å²) >= 11 is 0. The lowest BCUT2D eigenvalue weighted by atomic mass is 9.87. The molecule has 2 aliphatic rings. The van der Waals surface area contributed by atoms with Crippen molar-refractivity contribution in [1.29, 1.82) is 0 Å². The number of rotatable bonds is 2. The van der Waals surface area contributed by atoms with Crippen LogP contribution in [0, 0.1) is 0 Å². The second-order valence-corrected chi connectivity index (χ2v) is 7.12. The maximum atomic E-state index is 13.5. The van der Waals surface area contributed by atoms with Crippen molar-refractivity contribution < 1.29 is 14.3 Å². The Hall–Kier alpha value is -3.28. The summed E-state index contributed by atoms with van der Waals surface area (Å²) in [7, 11) is 1.64. The van der Waals surface area contributed by atoms with Gasteiger partial charge in [0.15, 0.2) is 5.54 Å². The second-order valence-electron chi connectivity index (χ2n) is 7.12. The number of methoxy groups -OCH3 is 1. The third kappa shape index (κ3) is 1.95. The van der Waals surface area contributed by atoms with Gasteiger partial charge in [-0.2, -0.15) is 0 Å². The molecule has 0 spiro atoms. The van der Waals surface area contributed by atoms with E-state index in [0.717, 1.165) is 27.9 Å². The van der Waals surface area contributed by atoms with Crippen LogP contribution in [0.3, 0.4) is 0 Å². The standard InChI is InChI=1S/C21H19N3O3/c1-21-18-15(16-12-14(27-2)8-9-17(16)22-18)10-11-23(21)20(26)24(19(21)25)13-6-4-3-5-7-13/h3-9,12,22H,10-11H2,1-2H3. The van der Waals surface area contributed by atoms with Crippen molar-refractivity contribution in [3.05, 3.63) is 59.8 Å². The molecule has 0 aliphatic carbocycles. The van der Waals surface area contributed by atoms with E-state index < -0.39 is 5.54 Å². The van der Waals surface area contributed by atoms with Gasteiger partial charge in [0.1, 0.15) is 5.75 Å². The highest BCUT2D eigenvalue weighted by molar-refractivity contribution is 6.23. The van der Waals surface area contributed by atoms with Gasteiger partial charge in [0.05, 0.1) is 18.5 Å². The fourth-order valence-electron chi connectivity index (χ4n) is 4.35. The minimum absolute atomic E-state index is 0.224. The Morgan fingerprint density at radius 2 is 1.89 bits per heavy atom. The first-order chi connectivity index (χ1) is 13.1. The maximum Gasteiger partial charge on any atom is 0.332 e. The molecule has 1 atom stereocenters. The Balaban J connectivity index is 1.70. The third-order valence-electron chi connectivity index (χ3n) is 5.78. The number of hydrogen-bond acceptors (Lipinski definition) is 3. The fraction of sp³-hybridized carbons (Fsp3) is 0.238. The molecule has 1 N–H and O–H groups in total. The number of anilines is 1. The zero-order chi connectivity index (χ0) is 18.8. The van der Waals surface area contributed by atoms with Crippen LogP contribution >= 0.6 is 0 Å². The van der Waals surface area contributed by atoms with Gasteiger partial charge in [-0.15, -0.1) is 0 Å². The number of benzene rings is 2. The van der Waals surface area contributed by atoms with Gasteiger partial charge in [0.2, 0.25) is 0 Å². The summed E-state index contributed by atoms with van der Waals surface area (Å²) in [5.74, 6) is 0.551. The number of urea groups is 1. The first-order valence-corrected chi connectivity index (χ1v) is 8.96. The minimum atomic E-state index is -1.03. The lowest BCUT2D eigenvalue weighted by Gasteiger charge is -2.35. The molecule has 3 aromatic rings. The van der Waals surface area contributed by atoms with E-state index in [0.29, 0.717) is 18.7 Å². The monoisotopic (exact) mass is 361 g/mol. The number of fused-ring (bicyclic) bond motifs is 5. The van der Waals surface area contributed by atoms with E-state index in [1.165, 1.54) is 4.90 Å². The number of amides is 3. The summed E-state index contributed by atoms with van der Waals surface area (Å²) < 4.78 is 5.35. The van der Waals surface area contributed by atoms with Crippen molar-refractivity contribution in [1.82, 2.24) is 9.88 Å². The number of ether oxygens (including phenoxy) is 1. The normalized spacial score (nSPS) is 21.6. The van der Waals surface area contributed by atoms with Crippen LogP contribution in [0.4, 0.5) is 10.5 Å². The molecule has 1 saturated heterocycles. The second kappa shape index (κ2) is 5.36. The smallest absolute Gasteiger partial charge is 0.332 e. The van der Waals surface area contributed by atoms with Crippen LogP contribution in [0.2, 0.25) is 0 Å². The largest absolute Gasteiger partial charge is 0.497 e. The zero-order valence-electron chi connectivity index (χ0n) is 15.2. The lowest BCUT2D eigenvalue weighted by molar-refractivity contribution is -0.125. The molecule has 3 heterocycles. The number of hydrogen-bond donors (Lipinski definition) is 1. The van der Waals surface area contributed by atoms with Crippen molar-refractivity contribution in [2.24, 2.45) is 0 Å². The number of H-pyrrole nitrogens is 1. The summed E-state index contributed by atoms with van der Waals surface area (Å²) in [5, 5.41) is 1.05. The molecular formula is C21H19N3O3. The Kier molecular flexibility index (Phi) is 3.16. The predicted octanol–water partition coefficient (Wildman–Crippen LogP) is 3.42. The molecular weight excluding hydrogens is 342 g/mol. The highest BCUT2D eigenvalue weighted by Gasteiger charge is 2.58. The van der Waals surface area contributed by atoms with Gasteiger partial charge in [-0.1, -0.05) is 18.2 Å². The summed E-state index contributed by atoms with van der Waals surface area (Å²) in [6.07, 6.45) is 0.694. The highest BCUT2D eigenvalue weighted by atomic mass is 16.5. The highest BCUT2D eigenvalue weighted by Crippen LogP contribution is 2.45. The number of para-hydroxylation sites is 1.